The average molecular weight is 520 g/mol. The standard InChI is InChI=1S/C18H13ClF3N5O4S2/c1-31-26-17(28)14-7-16(25-9-24-14)32-15-5-2-10(8-23-15)27-33(29,30)11-3-4-13(19)12(6-11)18(20,21)22/h2-9,27H,1H3,(H,26,28). The van der Waals surface area contributed by atoms with Gasteiger partial charge >= 0.3 is 6.18 Å². The van der Waals surface area contributed by atoms with Crippen molar-refractivity contribution in [3.63, 3.8) is 0 Å². The van der Waals surface area contributed by atoms with Gasteiger partial charge in [0.15, 0.2) is 0 Å². The summed E-state index contributed by atoms with van der Waals surface area (Å²) in [4.78, 5) is 27.6. The third-order valence-corrected chi connectivity index (χ3v) is 6.41. The Morgan fingerprint density at radius 2 is 1.85 bits per heavy atom. The SMILES string of the molecule is CONC(=O)c1cc(Sc2ccc(NS(=O)(=O)c3ccc(Cl)c(C(F)(F)F)c3)cn2)ncn1. The molecule has 174 valence electrons. The van der Waals surface area contributed by atoms with E-state index in [2.05, 4.69) is 30.0 Å². The van der Waals surface area contributed by atoms with Gasteiger partial charge in [-0.25, -0.2) is 28.8 Å². The number of carbonyl (C=O) groups is 1. The quantitative estimate of drug-likeness (QED) is 0.357. The number of sulfonamides is 1. The van der Waals surface area contributed by atoms with E-state index in [1.807, 2.05) is 0 Å². The van der Waals surface area contributed by atoms with Crippen LogP contribution in [0.2, 0.25) is 5.02 Å². The molecule has 0 saturated carbocycles. The molecule has 0 unspecified atom stereocenters. The van der Waals surface area contributed by atoms with E-state index in [4.69, 9.17) is 11.6 Å². The summed E-state index contributed by atoms with van der Waals surface area (Å²) in [5.74, 6) is -0.574. The van der Waals surface area contributed by atoms with Crippen molar-refractivity contribution < 1.29 is 31.2 Å². The van der Waals surface area contributed by atoms with Crippen LogP contribution in [-0.2, 0) is 21.0 Å². The Kier molecular flexibility index (Phi) is 7.41. The van der Waals surface area contributed by atoms with Crippen molar-refractivity contribution in [1.82, 2.24) is 20.4 Å². The van der Waals surface area contributed by atoms with Gasteiger partial charge in [-0.15, -0.1) is 0 Å². The van der Waals surface area contributed by atoms with Gasteiger partial charge in [0.2, 0.25) is 0 Å². The predicted molar refractivity (Wildman–Crippen MR) is 112 cm³/mol. The Morgan fingerprint density at radius 1 is 1.09 bits per heavy atom. The van der Waals surface area contributed by atoms with Crippen LogP contribution >= 0.6 is 23.4 Å². The van der Waals surface area contributed by atoms with Crippen molar-refractivity contribution in [3.8, 4) is 0 Å². The monoisotopic (exact) mass is 519 g/mol. The van der Waals surface area contributed by atoms with E-state index in [1.165, 1.54) is 37.8 Å². The molecule has 0 spiro atoms. The van der Waals surface area contributed by atoms with Crippen LogP contribution in [-0.4, -0.2) is 36.4 Å². The summed E-state index contributed by atoms with van der Waals surface area (Å²) in [6.07, 6.45) is -2.45. The summed E-state index contributed by atoms with van der Waals surface area (Å²) < 4.78 is 66.2. The Balaban J connectivity index is 1.75. The van der Waals surface area contributed by atoms with Gasteiger partial charge in [-0.05, 0) is 42.1 Å². The first-order chi connectivity index (χ1) is 15.5. The summed E-state index contributed by atoms with van der Waals surface area (Å²) in [5.41, 5.74) is 0.932. The number of alkyl halides is 3. The fourth-order valence-electron chi connectivity index (χ4n) is 2.38. The third-order valence-electron chi connectivity index (χ3n) is 3.82. The maximum atomic E-state index is 13.0. The van der Waals surface area contributed by atoms with E-state index in [0.29, 0.717) is 16.1 Å². The van der Waals surface area contributed by atoms with Crippen molar-refractivity contribution >= 4 is 45.0 Å². The summed E-state index contributed by atoms with van der Waals surface area (Å²) in [5, 5.41) is 0.172. The summed E-state index contributed by atoms with van der Waals surface area (Å²) >= 11 is 6.60. The molecule has 0 saturated heterocycles. The van der Waals surface area contributed by atoms with Crippen LogP contribution in [0.4, 0.5) is 18.9 Å². The molecule has 2 heterocycles. The van der Waals surface area contributed by atoms with E-state index in [9.17, 15) is 26.4 Å². The van der Waals surface area contributed by atoms with Crippen molar-refractivity contribution in [1.29, 1.82) is 0 Å². The number of halogens is 4. The summed E-state index contributed by atoms with van der Waals surface area (Å²) in [7, 11) is -3.06. The van der Waals surface area contributed by atoms with Gasteiger partial charge in [0.25, 0.3) is 15.9 Å². The number of aromatic nitrogens is 3. The molecule has 2 aromatic heterocycles. The molecular weight excluding hydrogens is 507 g/mol. The number of anilines is 1. The van der Waals surface area contributed by atoms with Crippen molar-refractivity contribution in [2.24, 2.45) is 0 Å². The first-order valence-electron chi connectivity index (χ1n) is 8.68. The van der Waals surface area contributed by atoms with E-state index in [0.717, 1.165) is 23.9 Å². The largest absolute Gasteiger partial charge is 0.417 e. The second-order valence-electron chi connectivity index (χ2n) is 6.11. The number of nitrogens with one attached hydrogen (secondary N) is 2. The van der Waals surface area contributed by atoms with Crippen LogP contribution in [0.15, 0.2) is 63.9 Å². The van der Waals surface area contributed by atoms with E-state index >= 15 is 0 Å². The first kappa shape index (κ1) is 24.7. The van der Waals surface area contributed by atoms with Crippen LogP contribution in [0.5, 0.6) is 0 Å². The lowest BCUT2D eigenvalue weighted by molar-refractivity contribution is -0.137. The molecule has 0 aliphatic heterocycles. The zero-order valence-electron chi connectivity index (χ0n) is 16.4. The Morgan fingerprint density at radius 3 is 2.48 bits per heavy atom. The molecule has 3 aromatic rings. The highest BCUT2D eigenvalue weighted by Crippen LogP contribution is 2.36. The van der Waals surface area contributed by atoms with Crippen LogP contribution in [0, 0.1) is 0 Å². The van der Waals surface area contributed by atoms with Crippen LogP contribution < -0.4 is 10.2 Å². The van der Waals surface area contributed by atoms with E-state index in [1.54, 1.807) is 0 Å². The number of rotatable bonds is 7. The summed E-state index contributed by atoms with van der Waals surface area (Å²) in [6, 6.07) is 6.50. The normalized spacial score (nSPS) is 11.8. The topological polar surface area (TPSA) is 123 Å². The molecule has 0 atom stereocenters. The lowest BCUT2D eigenvalue weighted by Gasteiger charge is -2.12. The number of carbonyl (C=O) groups excluding carboxylic acids is 1. The highest BCUT2D eigenvalue weighted by atomic mass is 35.5. The molecule has 0 bridgehead atoms. The second-order valence-corrected chi connectivity index (χ2v) is 9.24. The molecule has 9 nitrogen and oxygen atoms in total. The van der Waals surface area contributed by atoms with Gasteiger partial charge in [-0.1, -0.05) is 11.6 Å². The smallest absolute Gasteiger partial charge is 0.278 e. The van der Waals surface area contributed by atoms with Crippen molar-refractivity contribution in [2.75, 3.05) is 11.8 Å². The number of amides is 1. The molecule has 3 rings (SSSR count). The molecule has 0 aliphatic rings. The zero-order chi connectivity index (χ0) is 24.2. The Hall–Kier alpha value is -2.94. The first-order valence-corrected chi connectivity index (χ1v) is 11.4. The molecule has 0 aliphatic carbocycles. The molecule has 33 heavy (non-hydrogen) atoms. The second kappa shape index (κ2) is 9.91. The van der Waals surface area contributed by atoms with Crippen LogP contribution in [0.1, 0.15) is 16.1 Å². The number of hydrogen-bond donors (Lipinski definition) is 2. The fraction of sp³-hybridized carbons (Fsp3) is 0.111. The number of nitrogens with zero attached hydrogens (tertiary/aromatic N) is 3. The van der Waals surface area contributed by atoms with Crippen molar-refractivity contribution in [3.05, 3.63) is 65.2 Å². The Bertz CT molecular complexity index is 1270. The molecule has 0 radical (unpaired) electrons. The minimum Gasteiger partial charge on any atom is -0.278 e. The third kappa shape index (κ3) is 6.31. The minimum absolute atomic E-state index is 0.0192. The number of pyridine rings is 1. The molecular formula is C18H13ClF3N5O4S2. The van der Waals surface area contributed by atoms with Gasteiger partial charge in [-0.3, -0.25) is 14.4 Å². The van der Waals surface area contributed by atoms with Crippen molar-refractivity contribution in [2.45, 2.75) is 21.1 Å². The lowest BCUT2D eigenvalue weighted by atomic mass is 10.2. The predicted octanol–water partition coefficient (Wildman–Crippen LogP) is 3.79. The van der Waals surface area contributed by atoms with Crippen LogP contribution in [0.3, 0.4) is 0 Å². The van der Waals surface area contributed by atoms with Gasteiger partial charge < -0.3 is 0 Å². The van der Waals surface area contributed by atoms with E-state index < -0.39 is 37.6 Å². The maximum Gasteiger partial charge on any atom is 0.417 e. The van der Waals surface area contributed by atoms with E-state index in [-0.39, 0.29) is 11.4 Å². The molecule has 15 heteroatoms. The van der Waals surface area contributed by atoms with Gasteiger partial charge in [0.1, 0.15) is 22.1 Å². The number of hydrogen-bond acceptors (Lipinski definition) is 8. The highest BCUT2D eigenvalue weighted by molar-refractivity contribution is 7.99. The zero-order valence-corrected chi connectivity index (χ0v) is 18.8. The van der Waals surface area contributed by atoms with Gasteiger partial charge in [-0.2, -0.15) is 13.2 Å². The molecule has 0 fully saturated rings. The molecule has 2 N–H and O–H groups in total. The number of hydroxylamine groups is 1. The maximum absolute atomic E-state index is 13.0. The summed E-state index contributed by atoms with van der Waals surface area (Å²) in [6.45, 7) is 0. The van der Waals surface area contributed by atoms with Gasteiger partial charge in [0.05, 0.1) is 34.5 Å². The lowest BCUT2D eigenvalue weighted by Crippen LogP contribution is -2.22. The number of benzene rings is 1. The Labute approximate surface area is 194 Å². The van der Waals surface area contributed by atoms with Crippen LogP contribution in [0.25, 0.3) is 0 Å². The fourth-order valence-corrected chi connectivity index (χ4v) is 4.40. The molecule has 1 amide bonds. The highest BCUT2D eigenvalue weighted by Gasteiger charge is 2.34. The minimum atomic E-state index is -4.81. The average Bonchev–Trinajstić information content (AvgIpc) is 2.74. The van der Waals surface area contributed by atoms with Gasteiger partial charge in [0, 0.05) is 6.07 Å². The molecule has 1 aromatic carbocycles.